The molecule has 22 heavy (non-hydrogen) atoms. The highest BCUT2D eigenvalue weighted by Gasteiger charge is 2.23. The Morgan fingerprint density at radius 2 is 2.14 bits per heavy atom. The molecule has 0 aliphatic carbocycles. The van der Waals surface area contributed by atoms with Gasteiger partial charge in [-0.1, -0.05) is 13.8 Å². The lowest BCUT2D eigenvalue weighted by molar-refractivity contribution is -0.142. The molecule has 0 aromatic carbocycles. The maximum absolute atomic E-state index is 11.9. The molecule has 0 unspecified atom stereocenters. The van der Waals surface area contributed by atoms with Gasteiger partial charge in [0.15, 0.2) is 11.5 Å². The van der Waals surface area contributed by atoms with Crippen molar-refractivity contribution in [3.63, 3.8) is 0 Å². The third kappa shape index (κ3) is 3.40. The van der Waals surface area contributed by atoms with Gasteiger partial charge >= 0.3 is 5.97 Å². The maximum atomic E-state index is 11.9. The number of carbonyl (C=O) groups is 2. The second-order valence-electron chi connectivity index (χ2n) is 5.01. The van der Waals surface area contributed by atoms with E-state index in [-0.39, 0.29) is 18.4 Å². The molecule has 10 nitrogen and oxygen atoms in total. The van der Waals surface area contributed by atoms with Crippen LogP contribution in [0.5, 0.6) is 0 Å². The highest BCUT2D eigenvalue weighted by molar-refractivity contribution is 5.89. The molecule has 0 aliphatic heterocycles. The lowest BCUT2D eigenvalue weighted by Gasteiger charge is -2.18. The highest BCUT2D eigenvalue weighted by atomic mass is 16.4. The van der Waals surface area contributed by atoms with Crippen molar-refractivity contribution in [3.05, 3.63) is 6.33 Å². The van der Waals surface area contributed by atoms with E-state index < -0.39 is 17.9 Å². The molecule has 2 aromatic heterocycles. The summed E-state index contributed by atoms with van der Waals surface area (Å²) in [4.78, 5) is 37.6. The van der Waals surface area contributed by atoms with Crippen LogP contribution >= 0.6 is 0 Å². The van der Waals surface area contributed by atoms with Crippen LogP contribution in [0.2, 0.25) is 0 Å². The first-order chi connectivity index (χ1) is 10.4. The predicted molar refractivity (Wildman–Crippen MR) is 79.0 cm³/mol. The van der Waals surface area contributed by atoms with Gasteiger partial charge in [-0.25, -0.2) is 9.78 Å². The molecule has 0 fully saturated rings. The number of aromatic nitrogens is 4. The second-order valence-corrected chi connectivity index (χ2v) is 5.01. The molecule has 0 radical (unpaired) electrons. The van der Waals surface area contributed by atoms with Crippen molar-refractivity contribution < 1.29 is 14.7 Å². The van der Waals surface area contributed by atoms with Crippen LogP contribution < -0.4 is 16.4 Å². The highest BCUT2D eigenvalue weighted by Crippen LogP contribution is 2.16. The summed E-state index contributed by atoms with van der Waals surface area (Å²) < 4.78 is 0. The van der Waals surface area contributed by atoms with Crippen molar-refractivity contribution in [2.24, 2.45) is 5.92 Å². The van der Waals surface area contributed by atoms with E-state index in [1.165, 1.54) is 6.33 Å². The summed E-state index contributed by atoms with van der Waals surface area (Å²) in [7, 11) is 0. The summed E-state index contributed by atoms with van der Waals surface area (Å²) in [6.07, 6.45) is 1.43. The van der Waals surface area contributed by atoms with E-state index in [1.54, 1.807) is 13.8 Å². The number of carbonyl (C=O) groups excluding carboxylic acids is 1. The number of rotatable bonds is 6. The number of anilines is 2. The predicted octanol–water partition coefficient (Wildman–Crippen LogP) is -0.428. The Balaban J connectivity index is 2.04. The Labute approximate surface area is 125 Å². The number of carboxylic acid groups (broad SMARTS) is 1. The Bertz CT molecular complexity index is 697. The molecule has 0 aliphatic rings. The topological polar surface area (TPSA) is 159 Å². The van der Waals surface area contributed by atoms with Gasteiger partial charge in [0.05, 0.1) is 12.9 Å². The Morgan fingerprint density at radius 1 is 1.41 bits per heavy atom. The number of H-pyrrole nitrogens is 1. The van der Waals surface area contributed by atoms with Gasteiger partial charge in [0.25, 0.3) is 0 Å². The lowest BCUT2D eigenvalue weighted by atomic mass is 10.1. The number of aromatic amines is 1. The lowest BCUT2D eigenvalue weighted by Crippen LogP contribution is -2.46. The molecule has 118 valence electrons. The summed E-state index contributed by atoms with van der Waals surface area (Å²) in [6, 6.07) is -0.947. The molecule has 0 saturated heterocycles. The van der Waals surface area contributed by atoms with Gasteiger partial charge in [-0.15, -0.1) is 0 Å². The molecule has 0 bridgehead atoms. The zero-order chi connectivity index (χ0) is 16.3. The van der Waals surface area contributed by atoms with Gasteiger partial charge in [0.2, 0.25) is 11.9 Å². The molecule has 6 N–H and O–H groups in total. The zero-order valence-electron chi connectivity index (χ0n) is 12.1. The van der Waals surface area contributed by atoms with Gasteiger partial charge < -0.3 is 26.5 Å². The van der Waals surface area contributed by atoms with Crippen LogP contribution in [0.15, 0.2) is 6.33 Å². The first-order valence-corrected chi connectivity index (χ1v) is 6.61. The van der Waals surface area contributed by atoms with Crippen molar-refractivity contribution in [2.75, 3.05) is 17.6 Å². The van der Waals surface area contributed by atoms with Crippen molar-refractivity contribution in [1.29, 1.82) is 0 Å². The number of aliphatic carboxylic acids is 1. The van der Waals surface area contributed by atoms with Crippen molar-refractivity contribution >= 4 is 34.8 Å². The minimum Gasteiger partial charge on any atom is -0.480 e. The smallest absolute Gasteiger partial charge is 0.326 e. The fourth-order valence-corrected chi connectivity index (χ4v) is 1.88. The first kappa shape index (κ1) is 15.5. The molecular formula is C12H17N7O3. The number of fused-ring (bicyclic) bond motifs is 1. The fourth-order valence-electron chi connectivity index (χ4n) is 1.88. The van der Waals surface area contributed by atoms with E-state index in [0.29, 0.717) is 17.0 Å². The number of nitrogens with zero attached hydrogens (tertiary/aromatic N) is 3. The van der Waals surface area contributed by atoms with E-state index in [4.69, 9.17) is 10.8 Å². The average Bonchev–Trinajstić information content (AvgIpc) is 2.89. The van der Waals surface area contributed by atoms with Crippen LogP contribution in [0.25, 0.3) is 11.2 Å². The number of carboxylic acids is 1. The minimum absolute atomic E-state index is 0.0214. The maximum Gasteiger partial charge on any atom is 0.326 e. The van der Waals surface area contributed by atoms with Gasteiger partial charge in [-0.3, -0.25) is 4.79 Å². The van der Waals surface area contributed by atoms with E-state index in [9.17, 15) is 9.59 Å². The van der Waals surface area contributed by atoms with E-state index in [1.807, 2.05) is 0 Å². The molecule has 0 spiro atoms. The normalized spacial score (nSPS) is 12.3. The number of imidazole rings is 1. The minimum atomic E-state index is -1.08. The number of nitrogen functional groups attached to an aromatic ring is 1. The van der Waals surface area contributed by atoms with Gasteiger partial charge in [0, 0.05) is 0 Å². The summed E-state index contributed by atoms with van der Waals surface area (Å²) in [5.74, 6) is -1.42. The molecule has 10 heteroatoms. The third-order valence-corrected chi connectivity index (χ3v) is 2.97. The second kappa shape index (κ2) is 6.24. The number of amides is 1. The van der Waals surface area contributed by atoms with Crippen LogP contribution in [0.4, 0.5) is 11.8 Å². The van der Waals surface area contributed by atoms with Crippen LogP contribution in [0.3, 0.4) is 0 Å². The quantitative estimate of drug-likeness (QED) is 0.481. The van der Waals surface area contributed by atoms with Crippen molar-refractivity contribution in [2.45, 2.75) is 19.9 Å². The Hall–Kier alpha value is -2.91. The van der Waals surface area contributed by atoms with E-state index >= 15 is 0 Å². The van der Waals surface area contributed by atoms with Crippen molar-refractivity contribution in [3.8, 4) is 0 Å². The Kier molecular flexibility index (Phi) is 4.39. The average molecular weight is 307 g/mol. The fraction of sp³-hybridized carbons (Fsp3) is 0.417. The standard InChI is InChI=1S/C12H17N7O3/c1-5(2)7(11(21)22)17-6(20)3-14-9-8-10(16-4-15-8)19-12(13)18-9/h4-5,7H,3H2,1-2H3,(H,17,20)(H,21,22)(H4,13,14,15,16,18,19)/t7-/m0/s1. The van der Waals surface area contributed by atoms with Crippen LogP contribution in [0.1, 0.15) is 13.8 Å². The third-order valence-electron chi connectivity index (χ3n) is 2.97. The first-order valence-electron chi connectivity index (χ1n) is 6.61. The van der Waals surface area contributed by atoms with Crippen LogP contribution in [0, 0.1) is 5.92 Å². The van der Waals surface area contributed by atoms with E-state index in [2.05, 4.69) is 30.6 Å². The summed E-state index contributed by atoms with van der Waals surface area (Å²) in [5.41, 5.74) is 6.45. The largest absolute Gasteiger partial charge is 0.480 e. The summed E-state index contributed by atoms with van der Waals surface area (Å²) in [6.45, 7) is 3.28. The number of nitrogens with one attached hydrogen (secondary N) is 3. The Morgan fingerprint density at radius 3 is 2.77 bits per heavy atom. The summed E-state index contributed by atoms with van der Waals surface area (Å²) in [5, 5.41) is 14.3. The summed E-state index contributed by atoms with van der Waals surface area (Å²) >= 11 is 0. The number of hydrogen-bond donors (Lipinski definition) is 5. The van der Waals surface area contributed by atoms with Gasteiger partial charge in [0.1, 0.15) is 11.6 Å². The van der Waals surface area contributed by atoms with Crippen LogP contribution in [-0.4, -0.2) is 49.5 Å². The number of nitrogens with two attached hydrogens (primary N) is 1. The van der Waals surface area contributed by atoms with Gasteiger partial charge in [-0.05, 0) is 5.92 Å². The van der Waals surface area contributed by atoms with Crippen LogP contribution in [-0.2, 0) is 9.59 Å². The molecule has 1 amide bonds. The SMILES string of the molecule is CC(C)[C@H](NC(=O)CNc1nc(N)nc2nc[nH]c12)C(=O)O. The molecule has 2 heterocycles. The zero-order valence-corrected chi connectivity index (χ0v) is 12.1. The molecular weight excluding hydrogens is 290 g/mol. The van der Waals surface area contributed by atoms with Gasteiger partial charge in [-0.2, -0.15) is 9.97 Å². The number of hydrogen-bond acceptors (Lipinski definition) is 7. The van der Waals surface area contributed by atoms with Crippen molar-refractivity contribution in [1.82, 2.24) is 25.3 Å². The van der Waals surface area contributed by atoms with E-state index in [0.717, 1.165) is 0 Å². The molecule has 2 rings (SSSR count). The molecule has 0 saturated carbocycles. The monoisotopic (exact) mass is 307 g/mol. The molecule has 1 atom stereocenters. The molecule has 2 aromatic rings.